The molecule has 6 nitrogen and oxygen atoms in total. The number of fused-ring (bicyclic) bond motifs is 2. The molecular weight excluding hydrogens is 338 g/mol. The van der Waals surface area contributed by atoms with Gasteiger partial charge in [-0.05, 0) is 41.6 Å². The zero-order chi connectivity index (χ0) is 17.6. The molecule has 0 radical (unpaired) electrons. The highest BCUT2D eigenvalue weighted by atomic mass is 32.1. The van der Waals surface area contributed by atoms with E-state index < -0.39 is 0 Å². The molecule has 128 valence electrons. The van der Waals surface area contributed by atoms with Crippen molar-refractivity contribution < 1.29 is 14.4 Å². The third-order valence-corrected chi connectivity index (χ3v) is 5.65. The first-order valence-electron chi connectivity index (χ1n) is 8.07. The lowest BCUT2D eigenvalue weighted by Gasteiger charge is -2.26. The number of hydrogen-bond donors (Lipinski definition) is 1. The van der Waals surface area contributed by atoms with Crippen molar-refractivity contribution in [3.05, 3.63) is 51.2 Å². The van der Waals surface area contributed by atoms with Gasteiger partial charge < -0.3 is 5.32 Å². The summed E-state index contributed by atoms with van der Waals surface area (Å²) in [6.45, 7) is 1.95. The zero-order valence-electron chi connectivity index (χ0n) is 13.7. The quantitative estimate of drug-likeness (QED) is 0.855. The summed E-state index contributed by atoms with van der Waals surface area (Å²) >= 11 is 1.77. The van der Waals surface area contributed by atoms with Gasteiger partial charge in [-0.3, -0.25) is 24.2 Å². The number of imide groups is 1. The standard InChI is InChI=1S/C18H17N3O3S/c1-20-17(23)13-3-2-12(8-14(13)18(20)24)19-16(22)10-21-6-4-15-11(9-21)5-7-25-15/h2-3,5,7-8H,4,6,9-10H2,1H3,(H,19,22). The molecule has 0 aliphatic carbocycles. The molecule has 0 atom stereocenters. The van der Waals surface area contributed by atoms with Crippen molar-refractivity contribution in [1.29, 1.82) is 0 Å². The Morgan fingerprint density at radius 3 is 2.84 bits per heavy atom. The monoisotopic (exact) mass is 355 g/mol. The Labute approximate surface area is 149 Å². The van der Waals surface area contributed by atoms with Gasteiger partial charge in [-0.2, -0.15) is 0 Å². The first kappa shape index (κ1) is 16.0. The second-order valence-electron chi connectivity index (χ2n) is 6.31. The Bertz CT molecular complexity index is 889. The van der Waals surface area contributed by atoms with Gasteiger partial charge in [0.1, 0.15) is 0 Å². The third kappa shape index (κ3) is 2.85. The van der Waals surface area contributed by atoms with Crippen molar-refractivity contribution in [2.45, 2.75) is 13.0 Å². The van der Waals surface area contributed by atoms with Gasteiger partial charge in [-0.15, -0.1) is 11.3 Å². The number of nitrogens with one attached hydrogen (secondary N) is 1. The normalized spacial score (nSPS) is 16.8. The molecule has 1 N–H and O–H groups in total. The van der Waals surface area contributed by atoms with Crippen LogP contribution >= 0.6 is 11.3 Å². The minimum absolute atomic E-state index is 0.122. The van der Waals surface area contributed by atoms with Crippen LogP contribution in [0.1, 0.15) is 31.2 Å². The van der Waals surface area contributed by atoms with Gasteiger partial charge in [-0.25, -0.2) is 0 Å². The fourth-order valence-corrected chi connectivity index (χ4v) is 4.17. The topological polar surface area (TPSA) is 69.7 Å². The molecule has 3 amide bonds. The Hall–Kier alpha value is -2.51. The van der Waals surface area contributed by atoms with E-state index in [1.165, 1.54) is 17.5 Å². The molecule has 2 aliphatic heterocycles. The fourth-order valence-electron chi connectivity index (χ4n) is 3.28. The van der Waals surface area contributed by atoms with Crippen LogP contribution in [0, 0.1) is 0 Å². The molecule has 4 rings (SSSR count). The van der Waals surface area contributed by atoms with Crippen LogP contribution < -0.4 is 5.32 Å². The third-order valence-electron chi connectivity index (χ3n) is 4.63. The number of benzene rings is 1. The number of rotatable bonds is 3. The molecule has 0 spiro atoms. The number of hydrogen-bond acceptors (Lipinski definition) is 5. The predicted molar refractivity (Wildman–Crippen MR) is 94.8 cm³/mol. The summed E-state index contributed by atoms with van der Waals surface area (Å²) in [4.78, 5) is 40.9. The van der Waals surface area contributed by atoms with Crippen LogP contribution in [-0.2, 0) is 17.8 Å². The Kier molecular flexibility index (Phi) is 3.89. The molecule has 0 saturated heterocycles. The van der Waals surface area contributed by atoms with Crippen molar-refractivity contribution in [3.63, 3.8) is 0 Å². The summed E-state index contributed by atoms with van der Waals surface area (Å²) in [6.07, 6.45) is 0.974. The first-order valence-corrected chi connectivity index (χ1v) is 8.95. The van der Waals surface area contributed by atoms with Crippen LogP contribution in [-0.4, -0.2) is 47.7 Å². The molecule has 3 heterocycles. The highest BCUT2D eigenvalue weighted by Gasteiger charge is 2.32. The summed E-state index contributed by atoms with van der Waals surface area (Å²) in [5, 5.41) is 4.92. The van der Waals surface area contributed by atoms with E-state index in [0.29, 0.717) is 23.4 Å². The van der Waals surface area contributed by atoms with E-state index in [4.69, 9.17) is 0 Å². The lowest BCUT2D eigenvalue weighted by Crippen LogP contribution is -2.36. The van der Waals surface area contributed by atoms with E-state index in [0.717, 1.165) is 24.4 Å². The van der Waals surface area contributed by atoms with Gasteiger partial charge in [0.05, 0.1) is 17.7 Å². The summed E-state index contributed by atoms with van der Waals surface area (Å²) in [7, 11) is 1.46. The van der Waals surface area contributed by atoms with Crippen LogP contribution in [0.3, 0.4) is 0 Å². The molecule has 7 heteroatoms. The predicted octanol–water partition coefficient (Wildman–Crippen LogP) is 1.97. The lowest BCUT2D eigenvalue weighted by molar-refractivity contribution is -0.117. The van der Waals surface area contributed by atoms with Gasteiger partial charge in [0.2, 0.25) is 5.91 Å². The molecule has 0 unspecified atom stereocenters. The maximum absolute atomic E-state index is 12.3. The van der Waals surface area contributed by atoms with E-state index in [1.807, 2.05) is 0 Å². The molecule has 1 aromatic carbocycles. The first-order chi connectivity index (χ1) is 12.0. The Balaban J connectivity index is 1.42. The average molecular weight is 355 g/mol. The minimum Gasteiger partial charge on any atom is -0.325 e. The highest BCUT2D eigenvalue weighted by Crippen LogP contribution is 2.26. The molecule has 0 bridgehead atoms. The van der Waals surface area contributed by atoms with Crippen LogP contribution in [0.2, 0.25) is 0 Å². The number of anilines is 1. The van der Waals surface area contributed by atoms with Gasteiger partial charge in [-0.1, -0.05) is 0 Å². The van der Waals surface area contributed by atoms with E-state index >= 15 is 0 Å². The van der Waals surface area contributed by atoms with E-state index in [-0.39, 0.29) is 17.7 Å². The molecule has 25 heavy (non-hydrogen) atoms. The van der Waals surface area contributed by atoms with Crippen molar-refractivity contribution >= 4 is 34.7 Å². The second kappa shape index (κ2) is 6.09. The van der Waals surface area contributed by atoms with Crippen molar-refractivity contribution in [1.82, 2.24) is 9.80 Å². The van der Waals surface area contributed by atoms with E-state index in [9.17, 15) is 14.4 Å². The average Bonchev–Trinajstić information content (AvgIpc) is 3.14. The number of nitrogens with zero attached hydrogens (tertiary/aromatic N) is 2. The van der Waals surface area contributed by atoms with Gasteiger partial charge in [0.15, 0.2) is 0 Å². The summed E-state index contributed by atoms with van der Waals surface area (Å²) in [5.41, 5.74) is 2.56. The largest absolute Gasteiger partial charge is 0.325 e. The van der Waals surface area contributed by atoms with Crippen LogP contribution in [0.4, 0.5) is 5.69 Å². The maximum atomic E-state index is 12.3. The molecule has 0 saturated carbocycles. The smallest absolute Gasteiger partial charge is 0.261 e. The van der Waals surface area contributed by atoms with Gasteiger partial charge in [0, 0.05) is 30.7 Å². The molecule has 2 aliphatic rings. The SMILES string of the molecule is CN1C(=O)c2ccc(NC(=O)CN3CCc4sccc4C3)cc2C1=O. The maximum Gasteiger partial charge on any atom is 0.261 e. The molecule has 0 fully saturated rings. The van der Waals surface area contributed by atoms with Gasteiger partial charge >= 0.3 is 0 Å². The number of carbonyl (C=O) groups excluding carboxylic acids is 3. The zero-order valence-corrected chi connectivity index (χ0v) is 14.6. The molecular formula is C18H17N3O3S. The number of carbonyl (C=O) groups is 3. The highest BCUT2D eigenvalue weighted by molar-refractivity contribution is 7.10. The summed E-state index contributed by atoms with van der Waals surface area (Å²) in [5.74, 6) is -0.765. The minimum atomic E-state index is -0.336. The van der Waals surface area contributed by atoms with Crippen LogP contribution in [0.25, 0.3) is 0 Å². The summed E-state index contributed by atoms with van der Waals surface area (Å²) in [6, 6.07) is 6.94. The van der Waals surface area contributed by atoms with E-state index in [1.54, 1.807) is 29.5 Å². The van der Waals surface area contributed by atoms with Crippen LogP contribution in [0.5, 0.6) is 0 Å². The van der Waals surface area contributed by atoms with Crippen molar-refractivity contribution in [2.24, 2.45) is 0 Å². The van der Waals surface area contributed by atoms with E-state index in [2.05, 4.69) is 21.7 Å². The fraction of sp³-hybridized carbons (Fsp3) is 0.278. The van der Waals surface area contributed by atoms with Crippen LogP contribution in [0.15, 0.2) is 29.6 Å². The Morgan fingerprint density at radius 2 is 2.00 bits per heavy atom. The van der Waals surface area contributed by atoms with Crippen molar-refractivity contribution in [2.75, 3.05) is 25.5 Å². The Morgan fingerprint density at radius 1 is 1.20 bits per heavy atom. The second-order valence-corrected chi connectivity index (χ2v) is 7.31. The number of thiophene rings is 1. The molecule has 2 aromatic rings. The summed E-state index contributed by atoms with van der Waals surface area (Å²) < 4.78 is 0. The molecule has 1 aromatic heterocycles. The van der Waals surface area contributed by atoms with Crippen molar-refractivity contribution in [3.8, 4) is 0 Å². The number of amides is 3. The lowest BCUT2D eigenvalue weighted by atomic mass is 10.1. The van der Waals surface area contributed by atoms with Gasteiger partial charge in [0.25, 0.3) is 11.8 Å².